The number of nitrogens with zero attached hydrogens (tertiary/aromatic N) is 2. The molecular weight excluding hydrogens is 306 g/mol. The van der Waals surface area contributed by atoms with Crippen LogP contribution < -0.4 is 4.72 Å². The van der Waals surface area contributed by atoms with Crippen LogP contribution in [0.5, 0.6) is 0 Å². The third kappa shape index (κ3) is 3.18. The summed E-state index contributed by atoms with van der Waals surface area (Å²) in [5.41, 5.74) is 2.03. The maximum atomic E-state index is 12.3. The number of aryl methyl sites for hydroxylation is 2. The number of nitro groups is 1. The molecule has 0 bridgehead atoms. The maximum absolute atomic E-state index is 12.3. The molecule has 0 aliphatic carbocycles. The van der Waals surface area contributed by atoms with Crippen LogP contribution in [0.4, 0.5) is 5.69 Å². The van der Waals surface area contributed by atoms with Crippen LogP contribution in [0.1, 0.15) is 17.0 Å². The Balaban J connectivity index is 2.25. The van der Waals surface area contributed by atoms with Crippen LogP contribution in [-0.2, 0) is 23.6 Å². The number of rotatable bonds is 5. The first kappa shape index (κ1) is 16.2. The van der Waals surface area contributed by atoms with Crippen molar-refractivity contribution < 1.29 is 13.3 Å². The fraction of sp³-hybridized carbons (Fsp3) is 0.286. The predicted molar refractivity (Wildman–Crippen MR) is 82.0 cm³/mol. The van der Waals surface area contributed by atoms with Gasteiger partial charge >= 0.3 is 0 Å². The number of nitro benzene ring substituents is 1. The molecule has 2 aromatic rings. The summed E-state index contributed by atoms with van der Waals surface area (Å²) >= 11 is 0. The molecule has 1 aromatic carbocycles. The van der Waals surface area contributed by atoms with E-state index in [4.69, 9.17) is 0 Å². The highest BCUT2D eigenvalue weighted by molar-refractivity contribution is 7.89. The van der Waals surface area contributed by atoms with Crippen LogP contribution in [0.15, 0.2) is 35.2 Å². The second kappa shape index (κ2) is 5.90. The average molecular weight is 323 g/mol. The third-order valence-electron chi connectivity index (χ3n) is 3.61. The van der Waals surface area contributed by atoms with Gasteiger partial charge in [-0.05, 0) is 32.0 Å². The lowest BCUT2D eigenvalue weighted by atomic mass is 10.2. The van der Waals surface area contributed by atoms with Gasteiger partial charge in [0.15, 0.2) is 0 Å². The lowest BCUT2D eigenvalue weighted by molar-refractivity contribution is -0.385. The van der Waals surface area contributed by atoms with Gasteiger partial charge in [-0.3, -0.25) is 10.1 Å². The molecule has 1 aromatic heterocycles. The Hall–Kier alpha value is -2.19. The van der Waals surface area contributed by atoms with Crippen LogP contribution in [0.2, 0.25) is 0 Å². The zero-order valence-electron chi connectivity index (χ0n) is 12.5. The van der Waals surface area contributed by atoms with Crippen LogP contribution in [-0.4, -0.2) is 17.9 Å². The molecule has 7 nitrogen and oxygen atoms in total. The Morgan fingerprint density at radius 2 is 1.91 bits per heavy atom. The van der Waals surface area contributed by atoms with E-state index in [1.807, 2.05) is 30.7 Å². The van der Waals surface area contributed by atoms with Gasteiger partial charge in [0.05, 0.1) is 16.4 Å². The van der Waals surface area contributed by atoms with E-state index in [0.29, 0.717) is 5.56 Å². The highest BCUT2D eigenvalue weighted by atomic mass is 32.2. The van der Waals surface area contributed by atoms with E-state index in [0.717, 1.165) is 17.5 Å². The van der Waals surface area contributed by atoms with Crippen molar-refractivity contribution in [3.05, 3.63) is 57.4 Å². The summed E-state index contributed by atoms with van der Waals surface area (Å²) < 4.78 is 28.9. The lowest BCUT2D eigenvalue weighted by Gasteiger charge is -2.09. The molecule has 2 rings (SSSR count). The number of nitrogens with one attached hydrogen (secondary N) is 1. The van der Waals surface area contributed by atoms with Crippen molar-refractivity contribution in [1.82, 2.24) is 9.29 Å². The van der Waals surface area contributed by atoms with Gasteiger partial charge in [0.25, 0.3) is 5.69 Å². The van der Waals surface area contributed by atoms with Crippen LogP contribution in [0.3, 0.4) is 0 Å². The zero-order valence-corrected chi connectivity index (χ0v) is 13.3. The summed E-state index contributed by atoms with van der Waals surface area (Å²) in [6, 6.07) is 7.59. The van der Waals surface area contributed by atoms with Crippen molar-refractivity contribution in [2.45, 2.75) is 25.3 Å². The molecule has 0 spiro atoms. The van der Waals surface area contributed by atoms with Gasteiger partial charge in [0.1, 0.15) is 0 Å². The van der Waals surface area contributed by atoms with Crippen molar-refractivity contribution in [2.24, 2.45) is 7.05 Å². The number of hydrogen-bond acceptors (Lipinski definition) is 4. The number of sulfonamides is 1. The minimum atomic E-state index is -3.81. The summed E-state index contributed by atoms with van der Waals surface area (Å²) in [7, 11) is -1.96. The van der Waals surface area contributed by atoms with Crippen molar-refractivity contribution in [1.29, 1.82) is 0 Å². The van der Waals surface area contributed by atoms with Gasteiger partial charge in [-0.2, -0.15) is 0 Å². The third-order valence-corrected chi connectivity index (χ3v) is 5.01. The zero-order chi connectivity index (χ0) is 16.5. The first-order valence-corrected chi connectivity index (χ1v) is 8.06. The van der Waals surface area contributed by atoms with Gasteiger partial charge in [0, 0.05) is 30.1 Å². The highest BCUT2D eigenvalue weighted by Crippen LogP contribution is 2.22. The number of hydrogen-bond donors (Lipinski definition) is 1. The summed E-state index contributed by atoms with van der Waals surface area (Å²) in [6.07, 6.45) is 0. The van der Waals surface area contributed by atoms with Gasteiger partial charge in [-0.25, -0.2) is 13.1 Å². The molecule has 0 aliphatic rings. The second-order valence-corrected chi connectivity index (χ2v) is 6.82. The monoisotopic (exact) mass is 323 g/mol. The van der Waals surface area contributed by atoms with Crippen molar-refractivity contribution in [2.75, 3.05) is 0 Å². The van der Waals surface area contributed by atoms with E-state index >= 15 is 0 Å². The average Bonchev–Trinajstić information content (AvgIpc) is 2.76. The van der Waals surface area contributed by atoms with Gasteiger partial charge in [-0.1, -0.05) is 6.07 Å². The fourth-order valence-electron chi connectivity index (χ4n) is 2.05. The SMILES string of the molecule is Cc1ccc(S(=O)(=O)NCc2ccc(C)n2C)cc1[N+](=O)[O-]. The standard InChI is InChI=1S/C14H17N3O4S/c1-10-4-7-13(8-14(10)17(18)19)22(20,21)15-9-12-6-5-11(2)16(12)3/h4-8,15H,9H2,1-3H3. The molecule has 8 heteroatoms. The second-order valence-electron chi connectivity index (χ2n) is 5.06. The fourth-order valence-corrected chi connectivity index (χ4v) is 3.07. The first-order valence-electron chi connectivity index (χ1n) is 6.58. The molecule has 0 saturated heterocycles. The Labute approximate surface area is 128 Å². The molecule has 22 heavy (non-hydrogen) atoms. The van der Waals surface area contributed by atoms with Gasteiger partial charge in [-0.15, -0.1) is 0 Å². The van der Waals surface area contributed by atoms with Crippen molar-refractivity contribution in [3.63, 3.8) is 0 Å². The van der Waals surface area contributed by atoms with Crippen molar-refractivity contribution >= 4 is 15.7 Å². The molecule has 118 valence electrons. The smallest absolute Gasteiger partial charge is 0.273 e. The maximum Gasteiger partial charge on any atom is 0.273 e. The van der Waals surface area contributed by atoms with Crippen LogP contribution >= 0.6 is 0 Å². The first-order chi connectivity index (χ1) is 10.2. The van der Waals surface area contributed by atoms with Crippen molar-refractivity contribution in [3.8, 4) is 0 Å². The Morgan fingerprint density at radius 3 is 2.45 bits per heavy atom. The molecule has 1 heterocycles. The molecule has 0 saturated carbocycles. The van der Waals surface area contributed by atoms with E-state index < -0.39 is 14.9 Å². The summed E-state index contributed by atoms with van der Waals surface area (Å²) in [6.45, 7) is 3.60. The van der Waals surface area contributed by atoms with E-state index in [1.54, 1.807) is 6.92 Å². The minimum Gasteiger partial charge on any atom is -0.351 e. The van der Waals surface area contributed by atoms with Crippen LogP contribution in [0.25, 0.3) is 0 Å². The quantitative estimate of drug-likeness (QED) is 0.673. The van der Waals surface area contributed by atoms with Crippen LogP contribution in [0, 0.1) is 24.0 Å². The molecule has 0 unspecified atom stereocenters. The Morgan fingerprint density at radius 1 is 1.23 bits per heavy atom. The molecular formula is C14H17N3O4S. The van der Waals surface area contributed by atoms with E-state index in [9.17, 15) is 18.5 Å². The summed E-state index contributed by atoms with van der Waals surface area (Å²) in [5, 5.41) is 10.9. The Bertz CT molecular complexity index is 825. The molecule has 0 aliphatic heterocycles. The highest BCUT2D eigenvalue weighted by Gasteiger charge is 2.19. The van der Waals surface area contributed by atoms with E-state index in [1.165, 1.54) is 12.1 Å². The molecule has 0 radical (unpaired) electrons. The lowest BCUT2D eigenvalue weighted by Crippen LogP contribution is -2.24. The molecule has 0 amide bonds. The van der Waals surface area contributed by atoms with Gasteiger partial charge in [0.2, 0.25) is 10.0 Å². The van der Waals surface area contributed by atoms with Gasteiger partial charge < -0.3 is 4.57 Å². The largest absolute Gasteiger partial charge is 0.351 e. The molecule has 0 atom stereocenters. The predicted octanol–water partition coefficient (Wildman–Crippen LogP) is 2.03. The summed E-state index contributed by atoms with van der Waals surface area (Å²) in [4.78, 5) is 10.2. The topological polar surface area (TPSA) is 94.2 Å². The molecule has 1 N–H and O–H groups in total. The molecule has 0 fully saturated rings. The number of aromatic nitrogens is 1. The Kier molecular flexibility index (Phi) is 4.34. The minimum absolute atomic E-state index is 0.115. The van der Waals surface area contributed by atoms with E-state index in [2.05, 4.69) is 4.72 Å². The summed E-state index contributed by atoms with van der Waals surface area (Å²) in [5.74, 6) is 0. The number of benzene rings is 1. The normalized spacial score (nSPS) is 11.6. The van der Waals surface area contributed by atoms with E-state index in [-0.39, 0.29) is 17.1 Å².